The monoisotopic (exact) mass is 286 g/mol. The SMILES string of the molecule is O=C1CCC2CN(c3ccc(CNC4CC4)cn3)CCN12. The maximum absolute atomic E-state index is 11.7. The number of pyridine rings is 1. The Labute approximate surface area is 125 Å². The van der Waals surface area contributed by atoms with Gasteiger partial charge >= 0.3 is 0 Å². The molecule has 3 heterocycles. The van der Waals surface area contributed by atoms with Crippen LogP contribution < -0.4 is 10.2 Å². The number of hydrogen-bond donors (Lipinski definition) is 1. The van der Waals surface area contributed by atoms with Crippen LogP contribution in [-0.2, 0) is 11.3 Å². The van der Waals surface area contributed by atoms with Gasteiger partial charge in [-0.25, -0.2) is 4.98 Å². The van der Waals surface area contributed by atoms with Gasteiger partial charge in [-0.15, -0.1) is 0 Å². The van der Waals surface area contributed by atoms with Crippen LogP contribution in [0.5, 0.6) is 0 Å². The van der Waals surface area contributed by atoms with Crippen molar-refractivity contribution in [1.29, 1.82) is 0 Å². The minimum absolute atomic E-state index is 0.328. The fourth-order valence-electron chi connectivity index (χ4n) is 3.33. The van der Waals surface area contributed by atoms with Crippen molar-refractivity contribution < 1.29 is 4.79 Å². The molecule has 2 aliphatic heterocycles. The number of rotatable bonds is 4. The Morgan fingerprint density at radius 3 is 2.90 bits per heavy atom. The van der Waals surface area contributed by atoms with Crippen LogP contribution in [0, 0.1) is 0 Å². The van der Waals surface area contributed by atoms with Crippen LogP contribution in [0.25, 0.3) is 0 Å². The highest BCUT2D eigenvalue weighted by Gasteiger charge is 2.35. The highest BCUT2D eigenvalue weighted by atomic mass is 16.2. The van der Waals surface area contributed by atoms with Crippen LogP contribution in [0.1, 0.15) is 31.2 Å². The van der Waals surface area contributed by atoms with E-state index in [4.69, 9.17) is 0 Å². The summed E-state index contributed by atoms with van der Waals surface area (Å²) >= 11 is 0. The smallest absolute Gasteiger partial charge is 0.223 e. The average Bonchev–Trinajstić information content (AvgIpc) is 3.29. The molecule has 5 heteroatoms. The third-order valence-corrected chi connectivity index (χ3v) is 4.80. The highest BCUT2D eigenvalue weighted by molar-refractivity contribution is 5.79. The topological polar surface area (TPSA) is 48.5 Å². The number of aromatic nitrogens is 1. The van der Waals surface area contributed by atoms with Crippen molar-refractivity contribution in [2.45, 2.75) is 44.3 Å². The lowest BCUT2D eigenvalue weighted by molar-refractivity contribution is -0.129. The van der Waals surface area contributed by atoms with Crippen molar-refractivity contribution in [3.8, 4) is 0 Å². The van der Waals surface area contributed by atoms with E-state index in [9.17, 15) is 4.79 Å². The molecule has 112 valence electrons. The van der Waals surface area contributed by atoms with Gasteiger partial charge in [0.15, 0.2) is 0 Å². The minimum atomic E-state index is 0.328. The Morgan fingerprint density at radius 2 is 2.14 bits per heavy atom. The van der Waals surface area contributed by atoms with Crippen LogP contribution >= 0.6 is 0 Å². The first-order valence-corrected chi connectivity index (χ1v) is 8.02. The summed E-state index contributed by atoms with van der Waals surface area (Å²) in [6.45, 7) is 3.59. The molecule has 1 aromatic heterocycles. The Morgan fingerprint density at radius 1 is 1.24 bits per heavy atom. The first-order chi connectivity index (χ1) is 10.3. The maximum Gasteiger partial charge on any atom is 0.223 e. The van der Waals surface area contributed by atoms with Gasteiger partial charge in [-0.2, -0.15) is 0 Å². The Balaban J connectivity index is 1.38. The van der Waals surface area contributed by atoms with Crippen molar-refractivity contribution in [1.82, 2.24) is 15.2 Å². The van der Waals surface area contributed by atoms with Crippen LogP contribution in [-0.4, -0.2) is 47.5 Å². The average molecular weight is 286 g/mol. The summed E-state index contributed by atoms with van der Waals surface area (Å²) in [5.74, 6) is 1.37. The van der Waals surface area contributed by atoms with Gasteiger partial charge in [0.25, 0.3) is 0 Å². The zero-order valence-corrected chi connectivity index (χ0v) is 12.3. The molecule has 2 saturated heterocycles. The van der Waals surface area contributed by atoms with E-state index in [1.807, 2.05) is 11.1 Å². The molecule has 1 amide bonds. The summed E-state index contributed by atoms with van der Waals surface area (Å²) in [7, 11) is 0. The minimum Gasteiger partial charge on any atom is -0.353 e. The molecule has 1 aliphatic carbocycles. The first-order valence-electron chi connectivity index (χ1n) is 8.02. The van der Waals surface area contributed by atoms with Crippen LogP contribution in [0.3, 0.4) is 0 Å². The zero-order valence-electron chi connectivity index (χ0n) is 12.3. The summed E-state index contributed by atoms with van der Waals surface area (Å²) in [6.07, 6.45) is 6.33. The highest BCUT2D eigenvalue weighted by Crippen LogP contribution is 2.25. The molecule has 5 nitrogen and oxygen atoms in total. The van der Waals surface area contributed by atoms with Crippen LogP contribution in [0.15, 0.2) is 18.3 Å². The fraction of sp³-hybridized carbons (Fsp3) is 0.625. The van der Waals surface area contributed by atoms with Gasteiger partial charge in [0.2, 0.25) is 5.91 Å². The summed E-state index contributed by atoms with van der Waals surface area (Å²) in [5.41, 5.74) is 1.25. The number of nitrogens with zero attached hydrogens (tertiary/aromatic N) is 3. The third-order valence-electron chi connectivity index (χ3n) is 4.80. The number of fused-ring (bicyclic) bond motifs is 1. The van der Waals surface area contributed by atoms with Gasteiger partial charge in [0, 0.05) is 50.9 Å². The molecule has 0 aromatic carbocycles. The molecule has 3 fully saturated rings. The number of amides is 1. The van der Waals surface area contributed by atoms with Gasteiger partial charge in [-0.3, -0.25) is 4.79 Å². The van der Waals surface area contributed by atoms with Crippen molar-refractivity contribution in [3.05, 3.63) is 23.9 Å². The molecular weight excluding hydrogens is 264 g/mol. The molecule has 4 rings (SSSR count). The predicted octanol–water partition coefficient (Wildman–Crippen LogP) is 1.14. The van der Waals surface area contributed by atoms with E-state index in [1.54, 1.807) is 0 Å². The molecule has 1 N–H and O–H groups in total. The van der Waals surface area contributed by atoms with Gasteiger partial charge in [0.05, 0.1) is 0 Å². The second kappa shape index (κ2) is 5.30. The normalized spacial score (nSPS) is 25.3. The van der Waals surface area contributed by atoms with E-state index in [1.165, 1.54) is 18.4 Å². The third kappa shape index (κ3) is 2.75. The van der Waals surface area contributed by atoms with Gasteiger partial charge < -0.3 is 15.1 Å². The van der Waals surface area contributed by atoms with Gasteiger partial charge in [0.1, 0.15) is 5.82 Å². The van der Waals surface area contributed by atoms with Gasteiger partial charge in [-0.05, 0) is 30.9 Å². The van der Waals surface area contributed by atoms with E-state index < -0.39 is 0 Å². The lowest BCUT2D eigenvalue weighted by Gasteiger charge is -2.38. The Kier molecular flexibility index (Phi) is 3.30. The van der Waals surface area contributed by atoms with E-state index >= 15 is 0 Å². The number of carbonyl (C=O) groups excluding carboxylic acids is 1. The first kappa shape index (κ1) is 13.1. The second-order valence-electron chi connectivity index (χ2n) is 6.41. The number of anilines is 1. The molecule has 1 saturated carbocycles. The van der Waals surface area contributed by atoms with Crippen molar-refractivity contribution in [2.24, 2.45) is 0 Å². The molecular formula is C16H22N4O. The Hall–Kier alpha value is -1.62. The molecule has 0 spiro atoms. The standard InChI is InChI=1S/C16H22N4O/c21-16-6-4-14-11-19(7-8-20(14)16)15-5-1-12(10-18-15)9-17-13-2-3-13/h1,5,10,13-14,17H,2-4,6-9,11H2. The number of piperazine rings is 1. The van der Waals surface area contributed by atoms with Gasteiger partial charge in [-0.1, -0.05) is 6.07 Å². The van der Waals surface area contributed by atoms with E-state index in [-0.39, 0.29) is 0 Å². The lowest BCUT2D eigenvalue weighted by Crippen LogP contribution is -2.51. The van der Waals surface area contributed by atoms with E-state index in [0.717, 1.165) is 50.9 Å². The quantitative estimate of drug-likeness (QED) is 0.902. The van der Waals surface area contributed by atoms with E-state index in [2.05, 4.69) is 27.3 Å². The summed E-state index contributed by atoms with van der Waals surface area (Å²) in [5, 5.41) is 3.51. The summed E-state index contributed by atoms with van der Waals surface area (Å²) in [6, 6.07) is 5.42. The summed E-state index contributed by atoms with van der Waals surface area (Å²) in [4.78, 5) is 20.7. The van der Waals surface area contributed by atoms with Crippen LogP contribution in [0.2, 0.25) is 0 Å². The zero-order chi connectivity index (χ0) is 14.2. The largest absolute Gasteiger partial charge is 0.353 e. The fourth-order valence-corrected chi connectivity index (χ4v) is 3.33. The number of hydrogen-bond acceptors (Lipinski definition) is 4. The predicted molar refractivity (Wildman–Crippen MR) is 81.0 cm³/mol. The second-order valence-corrected chi connectivity index (χ2v) is 6.41. The molecule has 3 aliphatic rings. The van der Waals surface area contributed by atoms with Crippen LogP contribution in [0.4, 0.5) is 5.82 Å². The van der Waals surface area contributed by atoms with Crippen molar-refractivity contribution >= 4 is 11.7 Å². The Bertz CT molecular complexity index is 526. The molecule has 0 bridgehead atoms. The maximum atomic E-state index is 11.7. The summed E-state index contributed by atoms with van der Waals surface area (Å²) < 4.78 is 0. The van der Waals surface area contributed by atoms with Crippen molar-refractivity contribution in [2.75, 3.05) is 24.5 Å². The molecule has 1 unspecified atom stereocenters. The van der Waals surface area contributed by atoms with Crippen molar-refractivity contribution in [3.63, 3.8) is 0 Å². The van der Waals surface area contributed by atoms with E-state index in [0.29, 0.717) is 11.9 Å². The molecule has 0 radical (unpaired) electrons. The molecule has 1 aromatic rings. The number of nitrogens with one attached hydrogen (secondary N) is 1. The number of carbonyl (C=O) groups is 1. The lowest BCUT2D eigenvalue weighted by atomic mass is 10.1. The molecule has 1 atom stereocenters. The molecule has 21 heavy (non-hydrogen) atoms.